The minimum absolute atomic E-state index is 0.0728. The van der Waals surface area contributed by atoms with Gasteiger partial charge in [-0.25, -0.2) is 4.98 Å². The van der Waals surface area contributed by atoms with Gasteiger partial charge in [0.25, 0.3) is 0 Å². The average Bonchev–Trinajstić information content (AvgIpc) is 3.35. The highest BCUT2D eigenvalue weighted by molar-refractivity contribution is 6.30. The first kappa shape index (κ1) is 26.4. The number of amides is 1. The molecule has 38 heavy (non-hydrogen) atoms. The lowest BCUT2D eigenvalue weighted by Crippen LogP contribution is -2.50. The third-order valence-electron chi connectivity index (χ3n) is 7.60. The summed E-state index contributed by atoms with van der Waals surface area (Å²) in [5.41, 5.74) is 4.71. The molecule has 10 heteroatoms. The quantitative estimate of drug-likeness (QED) is 0.350. The molecule has 9 nitrogen and oxygen atoms in total. The van der Waals surface area contributed by atoms with Crippen molar-refractivity contribution in [2.24, 2.45) is 0 Å². The number of aliphatic hydroxyl groups is 1. The summed E-state index contributed by atoms with van der Waals surface area (Å²) in [6.07, 6.45) is 0.558. The molecule has 0 radical (unpaired) electrons. The number of piperidine rings is 1. The van der Waals surface area contributed by atoms with E-state index < -0.39 is 12.0 Å². The van der Waals surface area contributed by atoms with Gasteiger partial charge in [-0.1, -0.05) is 23.7 Å². The van der Waals surface area contributed by atoms with E-state index in [0.29, 0.717) is 30.4 Å². The van der Waals surface area contributed by atoms with Gasteiger partial charge in [-0.2, -0.15) is 5.26 Å². The third kappa shape index (κ3) is 5.79. The summed E-state index contributed by atoms with van der Waals surface area (Å²) in [7, 11) is 0. The number of aromatic amines is 1. The first-order valence-electron chi connectivity index (χ1n) is 13.2. The van der Waals surface area contributed by atoms with Crippen LogP contribution in [0.4, 0.5) is 5.69 Å². The predicted octanol–water partition coefficient (Wildman–Crippen LogP) is 2.86. The van der Waals surface area contributed by atoms with Crippen LogP contribution < -0.4 is 15.5 Å². The van der Waals surface area contributed by atoms with E-state index in [0.717, 1.165) is 67.0 Å². The van der Waals surface area contributed by atoms with E-state index in [1.807, 2.05) is 12.1 Å². The lowest BCUT2D eigenvalue weighted by molar-refractivity contribution is -0.124. The van der Waals surface area contributed by atoms with Crippen LogP contribution in [0, 0.1) is 18.3 Å². The molecule has 200 valence electrons. The number of nitrogens with zero attached hydrogens (tertiary/aromatic N) is 4. The Hall–Kier alpha value is -3.16. The van der Waals surface area contributed by atoms with Crippen molar-refractivity contribution in [2.75, 3.05) is 50.7 Å². The van der Waals surface area contributed by atoms with Crippen LogP contribution in [0.1, 0.15) is 41.8 Å². The van der Waals surface area contributed by atoms with E-state index in [2.05, 4.69) is 50.5 Å². The summed E-state index contributed by atoms with van der Waals surface area (Å²) in [5, 5.41) is 26.5. The Morgan fingerprint density at radius 1 is 1.26 bits per heavy atom. The SMILES string of the molecule is Cc1cc(N2CCN(CCC#N)CC2)cc2[nH]c(C3C(=O)NCCC3NCC(O)c3cccc(Cl)c3)nc12. The Bertz CT molecular complexity index is 1330. The molecule has 0 aliphatic carbocycles. The van der Waals surface area contributed by atoms with E-state index in [-0.39, 0.29) is 11.9 Å². The largest absolute Gasteiger partial charge is 0.387 e. The molecular formula is C28H34ClN7O2. The fourth-order valence-electron chi connectivity index (χ4n) is 5.50. The van der Waals surface area contributed by atoms with E-state index in [4.69, 9.17) is 21.8 Å². The molecule has 1 amide bonds. The number of aliphatic hydroxyl groups excluding tert-OH is 1. The van der Waals surface area contributed by atoms with Crippen molar-refractivity contribution in [2.45, 2.75) is 37.8 Å². The number of H-pyrrole nitrogens is 1. The number of aryl methyl sites for hydroxylation is 1. The number of nitrogens with one attached hydrogen (secondary N) is 3. The molecule has 3 unspecified atom stereocenters. The highest BCUT2D eigenvalue weighted by Gasteiger charge is 2.36. The fourth-order valence-corrected chi connectivity index (χ4v) is 5.70. The number of benzene rings is 2. The molecule has 2 saturated heterocycles. The molecule has 3 aromatic rings. The van der Waals surface area contributed by atoms with E-state index >= 15 is 0 Å². The molecule has 2 aliphatic heterocycles. The first-order chi connectivity index (χ1) is 18.4. The molecule has 3 heterocycles. The number of nitriles is 1. The summed E-state index contributed by atoms with van der Waals surface area (Å²) in [6, 6.07) is 13.5. The lowest BCUT2D eigenvalue weighted by Gasteiger charge is -2.35. The maximum Gasteiger partial charge on any atom is 0.232 e. The van der Waals surface area contributed by atoms with Gasteiger partial charge in [0.15, 0.2) is 0 Å². The van der Waals surface area contributed by atoms with Gasteiger partial charge >= 0.3 is 0 Å². The molecule has 2 aromatic carbocycles. The van der Waals surface area contributed by atoms with Gasteiger partial charge in [0.05, 0.1) is 23.2 Å². The van der Waals surface area contributed by atoms with E-state index in [9.17, 15) is 9.90 Å². The highest BCUT2D eigenvalue weighted by atomic mass is 35.5. The summed E-state index contributed by atoms with van der Waals surface area (Å²) >= 11 is 6.08. The number of anilines is 1. The van der Waals surface area contributed by atoms with Crippen molar-refractivity contribution in [3.8, 4) is 6.07 Å². The van der Waals surface area contributed by atoms with Gasteiger partial charge in [-0.15, -0.1) is 0 Å². The monoisotopic (exact) mass is 535 g/mol. The predicted molar refractivity (Wildman–Crippen MR) is 148 cm³/mol. The number of rotatable bonds is 8. The topological polar surface area (TPSA) is 120 Å². The maximum absolute atomic E-state index is 13.0. The Labute approximate surface area is 227 Å². The maximum atomic E-state index is 13.0. The van der Waals surface area contributed by atoms with Crippen LogP contribution in [-0.2, 0) is 4.79 Å². The molecule has 1 aromatic heterocycles. The van der Waals surface area contributed by atoms with Gasteiger partial charge < -0.3 is 25.6 Å². The van der Waals surface area contributed by atoms with Crippen molar-refractivity contribution < 1.29 is 9.90 Å². The molecule has 0 bridgehead atoms. The van der Waals surface area contributed by atoms with Crippen molar-refractivity contribution in [3.05, 3.63) is 58.4 Å². The Kier molecular flexibility index (Phi) is 8.15. The third-order valence-corrected chi connectivity index (χ3v) is 7.83. The van der Waals surface area contributed by atoms with Gasteiger partial charge in [0.2, 0.25) is 5.91 Å². The number of aromatic nitrogens is 2. The van der Waals surface area contributed by atoms with Gasteiger partial charge in [-0.05, 0) is 48.7 Å². The van der Waals surface area contributed by atoms with Gasteiger partial charge in [0, 0.05) is 69.0 Å². The number of piperazine rings is 1. The smallest absolute Gasteiger partial charge is 0.232 e. The number of hydrogen-bond acceptors (Lipinski definition) is 7. The van der Waals surface area contributed by atoms with Crippen molar-refractivity contribution >= 4 is 34.2 Å². The zero-order valence-corrected chi connectivity index (χ0v) is 22.3. The molecule has 2 fully saturated rings. The van der Waals surface area contributed by atoms with Crippen molar-refractivity contribution in [3.63, 3.8) is 0 Å². The van der Waals surface area contributed by atoms with Crippen LogP contribution in [0.25, 0.3) is 11.0 Å². The van der Waals surface area contributed by atoms with Crippen LogP contribution in [0.5, 0.6) is 0 Å². The number of hydrogen-bond donors (Lipinski definition) is 4. The second-order valence-corrected chi connectivity index (χ2v) is 10.6. The van der Waals surface area contributed by atoms with Crippen molar-refractivity contribution in [1.82, 2.24) is 25.5 Å². The standard InChI is InChI=1S/C28H34ClN7O2/c1-18-14-21(36-12-10-35(11-13-36)9-3-7-30)16-23-26(18)34-27(33-23)25-22(6-8-31-28(25)38)32-17-24(37)19-4-2-5-20(29)15-19/h2,4-5,14-16,22,24-25,32,37H,3,6,8-13,17H2,1H3,(H,31,38)(H,33,34). The molecular weight excluding hydrogens is 502 g/mol. The number of imidazole rings is 1. The van der Waals surface area contributed by atoms with Crippen LogP contribution in [0.3, 0.4) is 0 Å². The fraction of sp³-hybridized carbons (Fsp3) is 0.464. The lowest BCUT2D eigenvalue weighted by atomic mass is 9.91. The highest BCUT2D eigenvalue weighted by Crippen LogP contribution is 2.30. The second-order valence-electron chi connectivity index (χ2n) is 10.2. The number of carbonyl (C=O) groups excluding carboxylic acids is 1. The second kappa shape index (κ2) is 11.7. The summed E-state index contributed by atoms with van der Waals surface area (Å²) in [5.74, 6) is 0.0687. The van der Waals surface area contributed by atoms with Crippen LogP contribution >= 0.6 is 11.6 Å². The molecule has 3 atom stereocenters. The van der Waals surface area contributed by atoms with Crippen LogP contribution in [0.2, 0.25) is 5.02 Å². The first-order valence-corrected chi connectivity index (χ1v) is 13.6. The van der Waals surface area contributed by atoms with E-state index in [1.165, 1.54) is 0 Å². The van der Waals surface area contributed by atoms with E-state index in [1.54, 1.807) is 12.1 Å². The Morgan fingerprint density at radius 2 is 2.08 bits per heavy atom. The summed E-state index contributed by atoms with van der Waals surface area (Å²) in [6.45, 7) is 7.43. The molecule has 0 saturated carbocycles. The van der Waals surface area contributed by atoms with Crippen molar-refractivity contribution in [1.29, 1.82) is 5.26 Å². The normalized spacial score (nSPS) is 21.3. The Morgan fingerprint density at radius 3 is 2.84 bits per heavy atom. The summed E-state index contributed by atoms with van der Waals surface area (Å²) < 4.78 is 0. The summed E-state index contributed by atoms with van der Waals surface area (Å²) in [4.78, 5) is 26.0. The zero-order chi connectivity index (χ0) is 26.6. The molecule has 2 aliphatic rings. The molecule has 4 N–H and O–H groups in total. The number of carbonyl (C=O) groups is 1. The van der Waals surface area contributed by atoms with Gasteiger partial charge in [-0.3, -0.25) is 9.69 Å². The zero-order valence-electron chi connectivity index (χ0n) is 21.6. The minimum atomic E-state index is -0.736. The minimum Gasteiger partial charge on any atom is -0.387 e. The average molecular weight is 536 g/mol. The Balaban J connectivity index is 1.32. The number of halogens is 1. The molecule has 5 rings (SSSR count). The van der Waals surface area contributed by atoms with Crippen LogP contribution in [-0.4, -0.2) is 77.7 Å². The number of fused-ring (bicyclic) bond motifs is 1. The van der Waals surface area contributed by atoms with Crippen LogP contribution in [0.15, 0.2) is 36.4 Å². The van der Waals surface area contributed by atoms with Gasteiger partial charge in [0.1, 0.15) is 11.7 Å². The molecule has 0 spiro atoms.